The molecule has 5 nitrogen and oxygen atoms in total. The van der Waals surface area contributed by atoms with Crippen molar-refractivity contribution < 1.29 is 4.74 Å². The van der Waals surface area contributed by atoms with E-state index in [2.05, 4.69) is 28.9 Å². The minimum atomic E-state index is 0.494. The van der Waals surface area contributed by atoms with Crippen molar-refractivity contribution in [2.24, 2.45) is 5.92 Å². The van der Waals surface area contributed by atoms with Crippen molar-refractivity contribution in [3.8, 4) is 5.88 Å². The van der Waals surface area contributed by atoms with Gasteiger partial charge < -0.3 is 4.74 Å². The third-order valence-corrected chi connectivity index (χ3v) is 2.51. The van der Waals surface area contributed by atoms with Crippen LogP contribution < -0.4 is 4.74 Å². The van der Waals surface area contributed by atoms with E-state index in [1.54, 1.807) is 12.5 Å². The van der Waals surface area contributed by atoms with Crippen molar-refractivity contribution in [3.63, 3.8) is 0 Å². The first-order chi connectivity index (χ1) is 8.65. The average molecular weight is 246 g/mol. The van der Waals surface area contributed by atoms with E-state index in [-0.39, 0.29) is 0 Å². The normalized spacial score (nSPS) is 10.9. The molecule has 0 radical (unpaired) electrons. The number of pyridine rings is 1. The third-order valence-electron chi connectivity index (χ3n) is 2.51. The van der Waals surface area contributed by atoms with Crippen molar-refractivity contribution in [1.82, 2.24) is 19.7 Å². The van der Waals surface area contributed by atoms with Crippen LogP contribution in [0.2, 0.25) is 0 Å². The quantitative estimate of drug-likeness (QED) is 0.810. The first-order valence-corrected chi connectivity index (χ1v) is 6.07. The summed E-state index contributed by atoms with van der Waals surface area (Å²) in [5.74, 6) is 2.06. The lowest BCUT2D eigenvalue weighted by Gasteiger charge is -2.09. The maximum atomic E-state index is 5.60. The standard InChI is InChI=1S/C13H18N4O/c1-10(2)8-18-13-6-12(4-5-14-13)7-17-11(3)15-9-16-17/h4-6,9-10H,7-8H2,1-3H3. The van der Waals surface area contributed by atoms with E-state index >= 15 is 0 Å². The van der Waals surface area contributed by atoms with Crippen LogP contribution in [0.25, 0.3) is 0 Å². The van der Waals surface area contributed by atoms with Crippen LogP contribution in [0.3, 0.4) is 0 Å². The Bertz CT molecular complexity index is 507. The second kappa shape index (κ2) is 5.62. The fraction of sp³-hybridized carbons (Fsp3) is 0.462. The van der Waals surface area contributed by atoms with Gasteiger partial charge in [-0.05, 0) is 24.5 Å². The molecule has 2 heterocycles. The van der Waals surface area contributed by atoms with Gasteiger partial charge in [-0.15, -0.1) is 0 Å². The lowest BCUT2D eigenvalue weighted by molar-refractivity contribution is 0.261. The number of aromatic nitrogens is 4. The zero-order chi connectivity index (χ0) is 13.0. The molecule has 0 unspecified atom stereocenters. The molecule has 2 rings (SSSR count). The monoisotopic (exact) mass is 246 g/mol. The summed E-state index contributed by atoms with van der Waals surface area (Å²) in [5.41, 5.74) is 1.11. The number of nitrogens with zero attached hydrogens (tertiary/aromatic N) is 4. The van der Waals surface area contributed by atoms with Gasteiger partial charge in [-0.3, -0.25) is 0 Å². The van der Waals surface area contributed by atoms with E-state index in [4.69, 9.17) is 4.74 Å². The molecule has 0 fully saturated rings. The molecule has 18 heavy (non-hydrogen) atoms. The molecule has 0 spiro atoms. The molecule has 0 saturated carbocycles. The Morgan fingerprint density at radius 1 is 1.33 bits per heavy atom. The highest BCUT2D eigenvalue weighted by atomic mass is 16.5. The summed E-state index contributed by atoms with van der Waals surface area (Å²) in [6.45, 7) is 7.53. The smallest absolute Gasteiger partial charge is 0.213 e. The molecule has 0 aliphatic carbocycles. The summed E-state index contributed by atoms with van der Waals surface area (Å²) in [7, 11) is 0. The van der Waals surface area contributed by atoms with E-state index in [0.717, 1.165) is 11.4 Å². The van der Waals surface area contributed by atoms with E-state index in [0.29, 0.717) is 24.9 Å². The van der Waals surface area contributed by atoms with Gasteiger partial charge in [0.1, 0.15) is 12.2 Å². The third kappa shape index (κ3) is 3.29. The average Bonchev–Trinajstić information content (AvgIpc) is 2.73. The number of ether oxygens (including phenoxy) is 1. The fourth-order valence-electron chi connectivity index (χ4n) is 1.53. The van der Waals surface area contributed by atoms with Crippen LogP contribution in [0.5, 0.6) is 5.88 Å². The zero-order valence-corrected chi connectivity index (χ0v) is 11.0. The highest BCUT2D eigenvalue weighted by Gasteiger charge is 2.03. The molecule has 0 bridgehead atoms. The van der Waals surface area contributed by atoms with Crippen LogP contribution >= 0.6 is 0 Å². The number of hydrogen-bond donors (Lipinski definition) is 0. The summed E-state index contributed by atoms with van der Waals surface area (Å²) < 4.78 is 7.45. The Kier molecular flexibility index (Phi) is 3.92. The Balaban J connectivity index is 2.05. The lowest BCUT2D eigenvalue weighted by atomic mass is 10.2. The maximum absolute atomic E-state index is 5.60. The summed E-state index contributed by atoms with van der Waals surface area (Å²) in [5, 5.41) is 4.16. The second-order valence-corrected chi connectivity index (χ2v) is 4.67. The van der Waals surface area contributed by atoms with Crippen molar-refractivity contribution in [3.05, 3.63) is 36.0 Å². The van der Waals surface area contributed by atoms with E-state index in [1.165, 1.54) is 0 Å². The first kappa shape index (κ1) is 12.5. The summed E-state index contributed by atoms with van der Waals surface area (Å²) in [6.07, 6.45) is 3.32. The molecule has 0 atom stereocenters. The highest BCUT2D eigenvalue weighted by molar-refractivity contribution is 5.20. The minimum absolute atomic E-state index is 0.494. The minimum Gasteiger partial charge on any atom is -0.477 e. The van der Waals surface area contributed by atoms with Gasteiger partial charge in [-0.25, -0.2) is 14.6 Å². The molecule has 5 heteroatoms. The molecule has 96 valence electrons. The molecule has 2 aromatic rings. The Labute approximate surface area is 107 Å². The van der Waals surface area contributed by atoms with Crippen LogP contribution in [-0.2, 0) is 6.54 Å². The maximum Gasteiger partial charge on any atom is 0.213 e. The number of hydrogen-bond acceptors (Lipinski definition) is 4. The van der Waals surface area contributed by atoms with Gasteiger partial charge in [-0.1, -0.05) is 13.8 Å². The second-order valence-electron chi connectivity index (χ2n) is 4.67. The SMILES string of the molecule is Cc1ncnn1Cc1ccnc(OCC(C)C)c1. The van der Waals surface area contributed by atoms with Crippen molar-refractivity contribution in [2.45, 2.75) is 27.3 Å². The van der Waals surface area contributed by atoms with E-state index in [9.17, 15) is 0 Å². The molecular weight excluding hydrogens is 228 g/mol. The molecule has 0 N–H and O–H groups in total. The van der Waals surface area contributed by atoms with Gasteiger partial charge in [-0.2, -0.15) is 5.10 Å². The summed E-state index contributed by atoms with van der Waals surface area (Å²) in [6, 6.07) is 3.91. The van der Waals surface area contributed by atoms with Gasteiger partial charge in [0.25, 0.3) is 0 Å². The van der Waals surface area contributed by atoms with Crippen LogP contribution in [0.1, 0.15) is 25.2 Å². The fourth-order valence-corrected chi connectivity index (χ4v) is 1.53. The summed E-state index contributed by atoms with van der Waals surface area (Å²) >= 11 is 0. The van der Waals surface area contributed by atoms with E-state index in [1.807, 2.05) is 23.7 Å². The highest BCUT2D eigenvalue weighted by Crippen LogP contribution is 2.12. The van der Waals surface area contributed by atoms with Crippen molar-refractivity contribution in [2.75, 3.05) is 6.61 Å². The molecule has 2 aromatic heterocycles. The lowest BCUT2D eigenvalue weighted by Crippen LogP contribution is -2.07. The van der Waals surface area contributed by atoms with Gasteiger partial charge in [0.05, 0.1) is 13.2 Å². The topological polar surface area (TPSA) is 52.8 Å². The largest absolute Gasteiger partial charge is 0.477 e. The molecule has 0 amide bonds. The van der Waals surface area contributed by atoms with Gasteiger partial charge >= 0.3 is 0 Å². The first-order valence-electron chi connectivity index (χ1n) is 6.07. The van der Waals surface area contributed by atoms with Gasteiger partial charge in [0.2, 0.25) is 5.88 Å². The predicted octanol–water partition coefficient (Wildman–Crippen LogP) is 2.06. The Morgan fingerprint density at radius 2 is 2.17 bits per heavy atom. The van der Waals surface area contributed by atoms with Crippen LogP contribution in [0.4, 0.5) is 0 Å². The van der Waals surface area contributed by atoms with Crippen LogP contribution in [0, 0.1) is 12.8 Å². The van der Waals surface area contributed by atoms with Crippen LogP contribution in [0.15, 0.2) is 24.7 Å². The van der Waals surface area contributed by atoms with Crippen molar-refractivity contribution >= 4 is 0 Å². The molecular formula is C13H18N4O. The molecule has 0 aliphatic heterocycles. The Morgan fingerprint density at radius 3 is 2.83 bits per heavy atom. The van der Waals surface area contributed by atoms with Crippen molar-refractivity contribution in [1.29, 1.82) is 0 Å². The van der Waals surface area contributed by atoms with Gasteiger partial charge in [0, 0.05) is 12.3 Å². The predicted molar refractivity (Wildman–Crippen MR) is 68.4 cm³/mol. The molecule has 0 aromatic carbocycles. The Hall–Kier alpha value is -1.91. The van der Waals surface area contributed by atoms with E-state index < -0.39 is 0 Å². The molecule has 0 saturated heterocycles. The zero-order valence-electron chi connectivity index (χ0n) is 11.0. The number of aryl methyl sites for hydroxylation is 1. The molecule has 0 aliphatic rings. The van der Waals surface area contributed by atoms with Crippen LogP contribution in [-0.4, -0.2) is 26.4 Å². The summed E-state index contributed by atoms with van der Waals surface area (Å²) in [4.78, 5) is 8.30. The van der Waals surface area contributed by atoms with Gasteiger partial charge in [0.15, 0.2) is 0 Å². The number of rotatable bonds is 5.